The number of carbonyl (C=O) groups excluding carboxylic acids is 2. The maximum absolute atomic E-state index is 11.9. The summed E-state index contributed by atoms with van der Waals surface area (Å²) in [5, 5.41) is 3.05. The molecular formula is C13H23NO4. The molecule has 0 aromatic rings. The predicted octanol–water partition coefficient (Wildman–Crippen LogP) is 1.30. The molecule has 0 rings (SSSR count). The molecule has 0 heterocycles. The first-order valence-electron chi connectivity index (χ1n) is 6.05. The largest absolute Gasteiger partial charge is 0.488 e. The van der Waals surface area contributed by atoms with Gasteiger partial charge in [-0.15, -0.1) is 0 Å². The van der Waals surface area contributed by atoms with Crippen molar-refractivity contribution in [2.75, 3.05) is 13.2 Å². The molecule has 1 atom stereocenters. The van der Waals surface area contributed by atoms with Crippen LogP contribution in [0.15, 0.2) is 6.26 Å². The molecule has 1 N–H and O–H groups in total. The predicted molar refractivity (Wildman–Crippen MR) is 68.7 cm³/mol. The van der Waals surface area contributed by atoms with Crippen LogP contribution in [0.3, 0.4) is 0 Å². The number of hydrogen-bond donors (Lipinski definition) is 1. The summed E-state index contributed by atoms with van der Waals surface area (Å²) in [7, 11) is 0. The van der Waals surface area contributed by atoms with Crippen LogP contribution in [0.4, 0.5) is 0 Å². The monoisotopic (exact) mass is 257 g/mol. The number of nitrogens with one attached hydrogen (secondary N) is 1. The fourth-order valence-electron chi connectivity index (χ4n) is 1.32. The van der Waals surface area contributed by atoms with Crippen LogP contribution in [0.2, 0.25) is 0 Å². The number of ether oxygens (including phenoxy) is 2. The minimum absolute atomic E-state index is 0.112. The number of hydrogen-bond acceptors (Lipinski definition) is 5. The molecule has 5 heteroatoms. The van der Waals surface area contributed by atoms with Gasteiger partial charge in [-0.2, -0.15) is 0 Å². The van der Waals surface area contributed by atoms with E-state index in [-0.39, 0.29) is 17.9 Å². The highest BCUT2D eigenvalue weighted by molar-refractivity contribution is 5.76. The lowest BCUT2D eigenvalue weighted by Gasteiger charge is -2.26. The van der Waals surface area contributed by atoms with Crippen molar-refractivity contribution < 1.29 is 19.1 Å². The van der Waals surface area contributed by atoms with Gasteiger partial charge in [0.2, 0.25) is 0 Å². The molecule has 0 bridgehead atoms. The fourth-order valence-corrected chi connectivity index (χ4v) is 1.32. The molecule has 0 aliphatic carbocycles. The van der Waals surface area contributed by atoms with E-state index < -0.39 is 5.60 Å². The Morgan fingerprint density at radius 1 is 1.39 bits per heavy atom. The van der Waals surface area contributed by atoms with Crippen LogP contribution in [0.25, 0.3) is 0 Å². The van der Waals surface area contributed by atoms with E-state index in [4.69, 9.17) is 9.47 Å². The summed E-state index contributed by atoms with van der Waals surface area (Å²) in [5.41, 5.74) is -0.497. The summed E-state index contributed by atoms with van der Waals surface area (Å²) in [6.07, 6.45) is 0.958. The van der Waals surface area contributed by atoms with Gasteiger partial charge in [0.05, 0.1) is 0 Å². The van der Waals surface area contributed by atoms with Gasteiger partial charge in [0.15, 0.2) is 12.2 Å². The third-order valence-electron chi connectivity index (χ3n) is 2.04. The van der Waals surface area contributed by atoms with Crippen LogP contribution in [-0.2, 0) is 19.1 Å². The van der Waals surface area contributed by atoms with E-state index in [1.165, 1.54) is 5.94 Å². The van der Waals surface area contributed by atoms with Crippen molar-refractivity contribution in [2.24, 2.45) is 5.92 Å². The van der Waals surface area contributed by atoms with E-state index in [1.807, 2.05) is 34.6 Å². The summed E-state index contributed by atoms with van der Waals surface area (Å²) in [6, 6.07) is -0.381. The fraction of sp³-hybridized carbons (Fsp3) is 0.769. The second-order valence-corrected chi connectivity index (χ2v) is 5.32. The molecule has 0 aromatic heterocycles. The Bertz CT molecular complexity index is 301. The Labute approximate surface area is 109 Å². The van der Waals surface area contributed by atoms with Gasteiger partial charge in [0.25, 0.3) is 0 Å². The van der Waals surface area contributed by atoms with Crippen molar-refractivity contribution in [1.82, 2.24) is 5.32 Å². The van der Waals surface area contributed by atoms with E-state index in [0.717, 1.165) is 6.26 Å². The number of carbonyl (C=O) groups is 1. The smallest absolute Gasteiger partial charge is 0.323 e. The summed E-state index contributed by atoms with van der Waals surface area (Å²) in [6.45, 7) is 10.1. The lowest BCUT2D eigenvalue weighted by Crippen LogP contribution is -2.45. The molecule has 0 radical (unpaired) electrons. The van der Waals surface area contributed by atoms with Gasteiger partial charge in [-0.05, 0) is 26.7 Å². The van der Waals surface area contributed by atoms with Crippen LogP contribution >= 0.6 is 0 Å². The normalized spacial score (nSPS) is 12.8. The van der Waals surface area contributed by atoms with Gasteiger partial charge < -0.3 is 14.8 Å². The maximum Gasteiger partial charge on any atom is 0.323 e. The topological polar surface area (TPSA) is 64.6 Å². The first kappa shape index (κ1) is 16.7. The Balaban J connectivity index is 4.22. The first-order chi connectivity index (χ1) is 8.28. The third-order valence-corrected chi connectivity index (χ3v) is 2.04. The van der Waals surface area contributed by atoms with Crippen molar-refractivity contribution in [3.8, 4) is 0 Å². The molecule has 5 nitrogen and oxygen atoms in total. The molecule has 0 amide bonds. The molecule has 0 fully saturated rings. The molecule has 0 spiro atoms. The van der Waals surface area contributed by atoms with Gasteiger partial charge in [0.1, 0.15) is 18.2 Å². The van der Waals surface area contributed by atoms with Crippen LogP contribution in [0.5, 0.6) is 0 Å². The standard InChI is InChI=1S/C13H23NO4/c1-10(2)11(12(16)18-13(3,4)5)14-6-8-17-9-7-15/h9-11,14H,6,8H2,1-5H3/t11-/m0/s1. The quantitative estimate of drug-likeness (QED) is 0.322. The van der Waals surface area contributed by atoms with E-state index in [2.05, 4.69) is 5.32 Å². The van der Waals surface area contributed by atoms with Crippen LogP contribution in [-0.4, -0.2) is 36.7 Å². The van der Waals surface area contributed by atoms with Gasteiger partial charge in [0, 0.05) is 6.54 Å². The highest BCUT2D eigenvalue weighted by Gasteiger charge is 2.27. The van der Waals surface area contributed by atoms with Gasteiger partial charge in [-0.3, -0.25) is 4.79 Å². The maximum atomic E-state index is 11.9. The number of rotatable bonds is 7. The Kier molecular flexibility index (Phi) is 7.32. The Morgan fingerprint density at radius 3 is 2.44 bits per heavy atom. The highest BCUT2D eigenvalue weighted by Crippen LogP contribution is 2.12. The zero-order chi connectivity index (χ0) is 14.2. The second-order valence-electron chi connectivity index (χ2n) is 5.32. The summed E-state index contributed by atoms with van der Waals surface area (Å²) >= 11 is 0. The molecule has 0 aromatic carbocycles. The van der Waals surface area contributed by atoms with Crippen molar-refractivity contribution in [1.29, 1.82) is 0 Å². The molecule has 0 unspecified atom stereocenters. The average Bonchev–Trinajstić information content (AvgIpc) is 2.19. The van der Waals surface area contributed by atoms with Crippen LogP contribution < -0.4 is 5.32 Å². The van der Waals surface area contributed by atoms with Crippen molar-refractivity contribution in [3.05, 3.63) is 6.26 Å². The zero-order valence-electron chi connectivity index (χ0n) is 11.8. The minimum Gasteiger partial charge on any atom is -0.488 e. The third kappa shape index (κ3) is 7.87. The average molecular weight is 257 g/mol. The molecule has 0 saturated carbocycles. The molecule has 0 aliphatic heterocycles. The van der Waals surface area contributed by atoms with Crippen molar-refractivity contribution in [2.45, 2.75) is 46.3 Å². The van der Waals surface area contributed by atoms with Gasteiger partial charge in [-0.25, -0.2) is 4.79 Å². The lowest BCUT2D eigenvalue weighted by molar-refractivity contribution is -0.158. The number of esters is 1. The molecular weight excluding hydrogens is 234 g/mol. The summed E-state index contributed by atoms with van der Waals surface area (Å²) < 4.78 is 10.2. The minimum atomic E-state index is -0.497. The van der Waals surface area contributed by atoms with Gasteiger partial charge in [-0.1, -0.05) is 13.8 Å². The summed E-state index contributed by atoms with van der Waals surface area (Å²) in [4.78, 5) is 21.8. The molecule has 0 saturated heterocycles. The highest BCUT2D eigenvalue weighted by atomic mass is 16.6. The lowest BCUT2D eigenvalue weighted by atomic mass is 10.0. The van der Waals surface area contributed by atoms with E-state index in [9.17, 15) is 9.59 Å². The van der Waals surface area contributed by atoms with Crippen molar-refractivity contribution in [3.63, 3.8) is 0 Å². The SMILES string of the molecule is CC(C)[C@H](NCCOC=C=O)C(=O)OC(C)(C)C. The van der Waals surface area contributed by atoms with Crippen LogP contribution in [0, 0.1) is 5.92 Å². The Hall–Kier alpha value is -1.32. The summed E-state index contributed by atoms with van der Waals surface area (Å²) in [5.74, 6) is 1.35. The molecule has 104 valence electrons. The first-order valence-corrected chi connectivity index (χ1v) is 6.05. The second kappa shape index (κ2) is 7.90. The Morgan fingerprint density at radius 2 is 2.00 bits per heavy atom. The van der Waals surface area contributed by atoms with E-state index in [1.54, 1.807) is 0 Å². The molecule has 18 heavy (non-hydrogen) atoms. The zero-order valence-corrected chi connectivity index (χ0v) is 11.8. The molecule has 0 aliphatic rings. The van der Waals surface area contributed by atoms with Crippen LogP contribution in [0.1, 0.15) is 34.6 Å². The van der Waals surface area contributed by atoms with Crippen molar-refractivity contribution >= 4 is 11.9 Å². The van der Waals surface area contributed by atoms with E-state index in [0.29, 0.717) is 13.2 Å². The van der Waals surface area contributed by atoms with E-state index >= 15 is 0 Å². The van der Waals surface area contributed by atoms with Gasteiger partial charge >= 0.3 is 5.97 Å².